The summed E-state index contributed by atoms with van der Waals surface area (Å²) in [7, 11) is 0. The molecule has 0 radical (unpaired) electrons. The molecular weight excluding hydrogens is 568 g/mol. The molecule has 0 amide bonds. The Morgan fingerprint density at radius 1 is 0.977 bits per heavy atom. The van der Waals surface area contributed by atoms with Crippen molar-refractivity contribution in [2.75, 3.05) is 0 Å². The van der Waals surface area contributed by atoms with Crippen LogP contribution in [0.15, 0.2) is 11.6 Å². The van der Waals surface area contributed by atoms with E-state index < -0.39 is 41.9 Å². The topological polar surface area (TPSA) is 138 Å². The van der Waals surface area contributed by atoms with Crippen LogP contribution in [0.25, 0.3) is 0 Å². The van der Waals surface area contributed by atoms with Gasteiger partial charge in [0.2, 0.25) is 12.1 Å². The van der Waals surface area contributed by atoms with Crippen LogP contribution in [0.4, 0.5) is 0 Å². The second-order valence-corrected chi connectivity index (χ2v) is 14.8. The highest BCUT2D eigenvalue weighted by Crippen LogP contribution is 2.60. The van der Waals surface area contributed by atoms with Crippen LogP contribution in [0.3, 0.4) is 0 Å². The molecule has 0 aromatic rings. The van der Waals surface area contributed by atoms with E-state index >= 15 is 0 Å². The fourth-order valence-corrected chi connectivity index (χ4v) is 9.26. The van der Waals surface area contributed by atoms with E-state index in [2.05, 4.69) is 26.8 Å². The van der Waals surface area contributed by atoms with Gasteiger partial charge in [-0.2, -0.15) is 0 Å². The second-order valence-electron chi connectivity index (χ2n) is 14.8. The molecule has 2 bridgehead atoms. The molecule has 248 valence electrons. The van der Waals surface area contributed by atoms with Crippen molar-refractivity contribution >= 4 is 17.9 Å². The van der Waals surface area contributed by atoms with Crippen LogP contribution in [0.2, 0.25) is 0 Å². The molecule has 2 N–H and O–H groups in total. The molecule has 4 aliphatic heterocycles. The monoisotopic (exact) mass is 620 g/mol. The van der Waals surface area contributed by atoms with Crippen molar-refractivity contribution in [1.82, 2.24) is 0 Å². The van der Waals surface area contributed by atoms with Crippen LogP contribution in [0.1, 0.15) is 106 Å². The molecule has 4 saturated heterocycles. The summed E-state index contributed by atoms with van der Waals surface area (Å²) in [6.45, 7) is 12.5. The van der Waals surface area contributed by atoms with Gasteiger partial charge >= 0.3 is 17.9 Å². The third-order valence-corrected chi connectivity index (χ3v) is 11.9. The van der Waals surface area contributed by atoms with E-state index in [0.717, 1.165) is 37.5 Å². The predicted molar refractivity (Wildman–Crippen MR) is 158 cm³/mol. The van der Waals surface area contributed by atoms with E-state index in [1.54, 1.807) is 0 Å². The van der Waals surface area contributed by atoms with Gasteiger partial charge in [0.1, 0.15) is 0 Å². The van der Waals surface area contributed by atoms with E-state index in [9.17, 15) is 19.5 Å². The summed E-state index contributed by atoms with van der Waals surface area (Å²) >= 11 is 0. The van der Waals surface area contributed by atoms with Crippen LogP contribution < -0.4 is 0 Å². The molecule has 44 heavy (non-hydrogen) atoms. The van der Waals surface area contributed by atoms with E-state index in [4.69, 9.17) is 29.1 Å². The van der Waals surface area contributed by atoms with Crippen molar-refractivity contribution in [2.24, 2.45) is 53.3 Å². The van der Waals surface area contributed by atoms with Gasteiger partial charge in [-0.15, -0.1) is 0 Å². The second kappa shape index (κ2) is 13.0. The number of hydrogen-bond acceptors (Lipinski definition) is 8. The number of allylic oxidation sites excluding steroid dienone is 2. The fraction of sp³-hybridized carbons (Fsp3) is 0.853. The molecule has 0 aromatic carbocycles. The summed E-state index contributed by atoms with van der Waals surface area (Å²) in [6.07, 6.45) is 8.86. The van der Waals surface area contributed by atoms with Gasteiger partial charge in [-0.05, 0) is 87.9 Å². The maximum absolute atomic E-state index is 12.1. The minimum Gasteiger partial charge on any atom is -0.481 e. The maximum atomic E-state index is 12.1. The molecule has 6 fully saturated rings. The lowest BCUT2D eigenvalue weighted by Gasteiger charge is -2.59. The zero-order valence-corrected chi connectivity index (χ0v) is 27.2. The van der Waals surface area contributed by atoms with Crippen molar-refractivity contribution in [3.05, 3.63) is 11.6 Å². The summed E-state index contributed by atoms with van der Waals surface area (Å²) in [4.78, 5) is 45.7. The molecule has 10 heteroatoms. The van der Waals surface area contributed by atoms with Gasteiger partial charge in [0.05, 0.1) is 18.8 Å². The first kappa shape index (κ1) is 33.4. The number of carbonyl (C=O) groups is 3. The first-order valence-electron chi connectivity index (χ1n) is 16.8. The molecule has 7 rings (SSSR count). The zero-order chi connectivity index (χ0) is 32.0. The summed E-state index contributed by atoms with van der Waals surface area (Å²) in [5.74, 6) is -0.296. The molecule has 7 aliphatic rings. The van der Waals surface area contributed by atoms with Crippen LogP contribution in [0.5, 0.6) is 0 Å². The number of aliphatic carboxylic acids is 2. The fourth-order valence-electron chi connectivity index (χ4n) is 9.26. The normalized spacial score (nSPS) is 44.8. The highest BCUT2D eigenvalue weighted by Gasteiger charge is 2.69. The van der Waals surface area contributed by atoms with Gasteiger partial charge in [-0.25, -0.2) is 9.78 Å². The molecule has 4 heterocycles. The van der Waals surface area contributed by atoms with Gasteiger partial charge in [-0.3, -0.25) is 14.4 Å². The number of hydrogen-bond donors (Lipinski definition) is 2. The third-order valence-electron chi connectivity index (χ3n) is 11.9. The average molecular weight is 621 g/mol. The molecule has 13 atom stereocenters. The van der Waals surface area contributed by atoms with E-state index in [1.165, 1.54) is 24.8 Å². The molecule has 0 aromatic heterocycles. The van der Waals surface area contributed by atoms with E-state index in [1.807, 2.05) is 20.8 Å². The van der Waals surface area contributed by atoms with Crippen LogP contribution >= 0.6 is 0 Å². The summed E-state index contributed by atoms with van der Waals surface area (Å²) in [6, 6.07) is 0. The Hall–Kier alpha value is -2.01. The Kier molecular flexibility index (Phi) is 9.86. The molecule has 2 saturated carbocycles. The lowest BCUT2D eigenvalue weighted by molar-refractivity contribution is -0.576. The Bertz CT molecular complexity index is 1120. The molecule has 3 aliphatic carbocycles. The van der Waals surface area contributed by atoms with Crippen molar-refractivity contribution in [2.45, 2.75) is 130 Å². The number of carbonyl (C=O) groups excluding carboxylic acids is 1. The number of rotatable bonds is 6. The van der Waals surface area contributed by atoms with Crippen molar-refractivity contribution in [3.63, 3.8) is 0 Å². The maximum Gasteiger partial charge on any atom is 0.308 e. The molecule has 1 spiro atoms. The van der Waals surface area contributed by atoms with Crippen LogP contribution in [-0.2, 0) is 38.4 Å². The standard InChI is InChI=1S/C19H28O8.C15H24O2/c1-10-4-5-13-11(2)16(23-15(22)7-6-14(20)21)24-17-19(13)12(10)8-9-18(3,25-17)26-27-19;1-9-4-6-12-10(2)5-7-13(14(12)8-9)11(3)15(16)17/h10-13,16-17H,4-9H2,1-3H3,(H,20,21);8,10-14H,4-7H2,1-3H3,(H,16,17)/t10-,11-,12?,13?,16+,17-,18+,19-;10-,11-,12?,13+,14?/m11/s1. The van der Waals surface area contributed by atoms with Crippen molar-refractivity contribution < 1.29 is 48.6 Å². The Morgan fingerprint density at radius 3 is 2.41 bits per heavy atom. The largest absolute Gasteiger partial charge is 0.481 e. The Morgan fingerprint density at radius 2 is 1.70 bits per heavy atom. The summed E-state index contributed by atoms with van der Waals surface area (Å²) in [5.41, 5.74) is 0.764. The van der Waals surface area contributed by atoms with Crippen molar-refractivity contribution in [3.8, 4) is 0 Å². The first-order chi connectivity index (χ1) is 20.8. The lowest BCUT2D eigenvalue weighted by atomic mass is 9.58. The number of fused-ring (bicyclic) bond motifs is 3. The number of carboxylic acids is 2. The number of carboxylic acid groups (broad SMARTS) is 2. The van der Waals surface area contributed by atoms with Gasteiger partial charge in [-0.1, -0.05) is 45.8 Å². The van der Waals surface area contributed by atoms with Crippen LogP contribution in [-0.4, -0.2) is 52.1 Å². The Balaban J connectivity index is 0.000000195. The predicted octanol–water partition coefficient (Wildman–Crippen LogP) is 6.33. The number of ether oxygens (including phenoxy) is 3. The lowest BCUT2D eigenvalue weighted by Crippen LogP contribution is -2.70. The zero-order valence-electron chi connectivity index (χ0n) is 27.2. The highest BCUT2D eigenvalue weighted by molar-refractivity contribution is 5.76. The smallest absolute Gasteiger partial charge is 0.308 e. The first-order valence-corrected chi connectivity index (χ1v) is 16.8. The highest BCUT2D eigenvalue weighted by atomic mass is 17.3. The summed E-state index contributed by atoms with van der Waals surface area (Å²) in [5, 5.41) is 18.0. The Labute approximate surface area is 261 Å². The average Bonchev–Trinajstić information content (AvgIpc) is 3.20. The van der Waals surface area contributed by atoms with Gasteiger partial charge in [0, 0.05) is 18.3 Å². The summed E-state index contributed by atoms with van der Waals surface area (Å²) < 4.78 is 17.8. The van der Waals surface area contributed by atoms with Crippen LogP contribution in [0, 0.1) is 53.3 Å². The minimum atomic E-state index is -1.03. The van der Waals surface area contributed by atoms with Gasteiger partial charge in [0.15, 0.2) is 11.9 Å². The van der Waals surface area contributed by atoms with Gasteiger partial charge in [0.25, 0.3) is 0 Å². The van der Waals surface area contributed by atoms with E-state index in [-0.39, 0.29) is 36.5 Å². The molecule has 10 nitrogen and oxygen atoms in total. The molecular formula is C34H52O10. The molecule has 4 unspecified atom stereocenters. The third kappa shape index (κ3) is 6.33. The quantitative estimate of drug-likeness (QED) is 0.197. The SMILES string of the molecule is CC1=CC2C(CC1)[C@H](C)CC[C@H]2[C@@H](C)C(=O)O.C[C@@H]1CCC2[C@@H](C)[C@@H](OC(=O)CCC(=O)O)O[C@@H]3O[C@]4(C)CCC1[C@@]23OO4. The number of esters is 1. The van der Waals surface area contributed by atoms with Gasteiger partial charge < -0.3 is 24.4 Å². The van der Waals surface area contributed by atoms with E-state index in [0.29, 0.717) is 24.2 Å². The minimum absolute atomic E-state index is 0.0670. The van der Waals surface area contributed by atoms with Crippen molar-refractivity contribution in [1.29, 1.82) is 0 Å².